The van der Waals surface area contributed by atoms with Gasteiger partial charge in [0.1, 0.15) is 6.61 Å². The van der Waals surface area contributed by atoms with Crippen LogP contribution in [0.15, 0.2) is 0 Å². The standard InChI is InChI=1S/C9H17NO3/c1-9(12)4-3-5-10(7-9)8(11)6-13-2/h12H,3-7H2,1-2H3. The normalized spacial score (nSPS) is 29.0. The predicted octanol–water partition coefficient (Wildman–Crippen LogP) is 0.00620. The lowest BCUT2D eigenvalue weighted by molar-refractivity contribution is -0.141. The zero-order valence-corrected chi connectivity index (χ0v) is 8.25. The third-order valence-electron chi connectivity index (χ3n) is 2.30. The minimum Gasteiger partial charge on any atom is -0.388 e. The van der Waals surface area contributed by atoms with Crippen molar-refractivity contribution in [3.63, 3.8) is 0 Å². The number of carbonyl (C=O) groups is 1. The van der Waals surface area contributed by atoms with Crippen LogP contribution in [0.1, 0.15) is 19.8 Å². The Morgan fingerprint density at radius 3 is 2.92 bits per heavy atom. The molecule has 1 aliphatic heterocycles. The lowest BCUT2D eigenvalue weighted by atomic mass is 9.95. The summed E-state index contributed by atoms with van der Waals surface area (Å²) >= 11 is 0. The molecule has 13 heavy (non-hydrogen) atoms. The van der Waals surface area contributed by atoms with Gasteiger partial charge in [0.15, 0.2) is 0 Å². The molecule has 0 aromatic rings. The third kappa shape index (κ3) is 2.97. The maximum absolute atomic E-state index is 11.4. The molecule has 1 amide bonds. The van der Waals surface area contributed by atoms with Crippen molar-refractivity contribution in [3.05, 3.63) is 0 Å². The van der Waals surface area contributed by atoms with E-state index in [-0.39, 0.29) is 12.5 Å². The third-order valence-corrected chi connectivity index (χ3v) is 2.30. The van der Waals surface area contributed by atoms with E-state index in [9.17, 15) is 9.90 Å². The van der Waals surface area contributed by atoms with Crippen LogP contribution in [-0.4, -0.2) is 48.3 Å². The Balaban J connectivity index is 2.47. The van der Waals surface area contributed by atoms with E-state index in [1.54, 1.807) is 11.8 Å². The van der Waals surface area contributed by atoms with Gasteiger partial charge in [-0.2, -0.15) is 0 Å². The van der Waals surface area contributed by atoms with E-state index in [1.807, 2.05) is 0 Å². The smallest absolute Gasteiger partial charge is 0.248 e. The molecule has 1 N–H and O–H groups in total. The van der Waals surface area contributed by atoms with Gasteiger partial charge in [-0.3, -0.25) is 4.79 Å². The van der Waals surface area contributed by atoms with Gasteiger partial charge in [-0.1, -0.05) is 0 Å². The summed E-state index contributed by atoms with van der Waals surface area (Å²) in [7, 11) is 1.50. The highest BCUT2D eigenvalue weighted by Gasteiger charge is 2.30. The maximum Gasteiger partial charge on any atom is 0.248 e. The lowest BCUT2D eigenvalue weighted by Crippen LogP contribution is -2.49. The molecule has 0 radical (unpaired) electrons. The molecule has 1 rings (SSSR count). The summed E-state index contributed by atoms with van der Waals surface area (Å²) in [6.07, 6.45) is 1.63. The second kappa shape index (κ2) is 4.07. The molecule has 1 saturated heterocycles. The number of ether oxygens (including phenoxy) is 1. The topological polar surface area (TPSA) is 49.8 Å². The number of hydrogen-bond donors (Lipinski definition) is 1. The Hall–Kier alpha value is -0.610. The van der Waals surface area contributed by atoms with Gasteiger partial charge in [0.05, 0.1) is 5.60 Å². The van der Waals surface area contributed by atoms with Crippen LogP contribution in [0.2, 0.25) is 0 Å². The summed E-state index contributed by atoms with van der Waals surface area (Å²) < 4.78 is 4.75. The average molecular weight is 187 g/mol. The van der Waals surface area contributed by atoms with Crippen LogP contribution < -0.4 is 0 Å². The van der Waals surface area contributed by atoms with Crippen molar-refractivity contribution in [1.29, 1.82) is 0 Å². The number of methoxy groups -OCH3 is 1. The molecule has 76 valence electrons. The van der Waals surface area contributed by atoms with E-state index in [2.05, 4.69) is 0 Å². The number of likely N-dealkylation sites (tertiary alicyclic amines) is 1. The molecular formula is C9H17NO3. The molecule has 1 heterocycles. The molecule has 0 aliphatic carbocycles. The number of amides is 1. The van der Waals surface area contributed by atoms with Crippen LogP contribution in [0.25, 0.3) is 0 Å². The van der Waals surface area contributed by atoms with Gasteiger partial charge in [-0.05, 0) is 19.8 Å². The van der Waals surface area contributed by atoms with E-state index < -0.39 is 5.60 Å². The molecular weight excluding hydrogens is 170 g/mol. The first kappa shape index (κ1) is 10.5. The largest absolute Gasteiger partial charge is 0.388 e. The van der Waals surface area contributed by atoms with Crippen molar-refractivity contribution in [2.24, 2.45) is 0 Å². The Labute approximate surface area is 78.5 Å². The molecule has 0 spiro atoms. The van der Waals surface area contributed by atoms with E-state index in [0.717, 1.165) is 19.4 Å². The Morgan fingerprint density at radius 2 is 2.38 bits per heavy atom. The SMILES string of the molecule is COCC(=O)N1CCCC(C)(O)C1. The van der Waals surface area contributed by atoms with Crippen LogP contribution >= 0.6 is 0 Å². The Bertz CT molecular complexity index is 191. The fourth-order valence-corrected chi connectivity index (χ4v) is 1.65. The van der Waals surface area contributed by atoms with Crippen molar-refractivity contribution < 1.29 is 14.6 Å². The summed E-state index contributed by atoms with van der Waals surface area (Å²) in [5.41, 5.74) is -0.721. The van der Waals surface area contributed by atoms with Crippen molar-refractivity contribution in [2.75, 3.05) is 26.8 Å². The van der Waals surface area contributed by atoms with Gasteiger partial charge in [-0.15, -0.1) is 0 Å². The second-order valence-electron chi connectivity index (χ2n) is 3.85. The summed E-state index contributed by atoms with van der Waals surface area (Å²) in [5.74, 6) is -0.0394. The fourth-order valence-electron chi connectivity index (χ4n) is 1.65. The van der Waals surface area contributed by atoms with Crippen molar-refractivity contribution in [2.45, 2.75) is 25.4 Å². The molecule has 1 unspecified atom stereocenters. The molecule has 4 heteroatoms. The molecule has 0 saturated carbocycles. The lowest BCUT2D eigenvalue weighted by Gasteiger charge is -2.36. The van der Waals surface area contributed by atoms with Gasteiger partial charge in [0.25, 0.3) is 0 Å². The summed E-state index contributed by atoms with van der Waals surface area (Å²) in [4.78, 5) is 13.0. The highest BCUT2D eigenvalue weighted by molar-refractivity contribution is 5.77. The number of piperidine rings is 1. The summed E-state index contributed by atoms with van der Waals surface area (Å²) in [6.45, 7) is 3.03. The number of hydrogen-bond acceptors (Lipinski definition) is 3. The monoisotopic (exact) mass is 187 g/mol. The number of nitrogens with zero attached hydrogens (tertiary/aromatic N) is 1. The minimum atomic E-state index is -0.721. The van der Waals surface area contributed by atoms with Crippen molar-refractivity contribution in [1.82, 2.24) is 4.90 Å². The van der Waals surface area contributed by atoms with Gasteiger partial charge >= 0.3 is 0 Å². The van der Waals surface area contributed by atoms with Crippen LogP contribution in [-0.2, 0) is 9.53 Å². The number of β-amino-alcohol motifs (C(OH)–C–C–N with tert-alkyl or cyclic N) is 1. The Morgan fingerprint density at radius 1 is 1.69 bits per heavy atom. The molecule has 0 aromatic heterocycles. The van der Waals surface area contributed by atoms with Crippen LogP contribution in [0.5, 0.6) is 0 Å². The highest BCUT2D eigenvalue weighted by Crippen LogP contribution is 2.19. The van der Waals surface area contributed by atoms with Gasteiger partial charge in [0, 0.05) is 20.2 Å². The first-order valence-corrected chi connectivity index (χ1v) is 4.54. The van der Waals surface area contributed by atoms with Crippen LogP contribution in [0.3, 0.4) is 0 Å². The molecule has 0 aromatic carbocycles. The van der Waals surface area contributed by atoms with Crippen LogP contribution in [0, 0.1) is 0 Å². The maximum atomic E-state index is 11.4. The van der Waals surface area contributed by atoms with E-state index >= 15 is 0 Å². The zero-order valence-electron chi connectivity index (χ0n) is 8.25. The molecule has 1 fully saturated rings. The van der Waals surface area contributed by atoms with E-state index in [4.69, 9.17) is 4.74 Å². The zero-order chi connectivity index (χ0) is 9.90. The van der Waals surface area contributed by atoms with Crippen LogP contribution in [0.4, 0.5) is 0 Å². The summed E-state index contributed by atoms with van der Waals surface area (Å²) in [6, 6.07) is 0. The first-order valence-electron chi connectivity index (χ1n) is 4.54. The van der Waals surface area contributed by atoms with E-state index in [0.29, 0.717) is 6.54 Å². The van der Waals surface area contributed by atoms with Crippen molar-refractivity contribution >= 4 is 5.91 Å². The average Bonchev–Trinajstić information content (AvgIpc) is 2.03. The highest BCUT2D eigenvalue weighted by atomic mass is 16.5. The van der Waals surface area contributed by atoms with Gasteiger partial charge in [0.2, 0.25) is 5.91 Å². The Kier molecular flexibility index (Phi) is 3.27. The first-order chi connectivity index (χ1) is 6.05. The molecule has 4 nitrogen and oxygen atoms in total. The number of aliphatic hydroxyl groups is 1. The summed E-state index contributed by atoms with van der Waals surface area (Å²) in [5, 5.41) is 9.73. The molecule has 1 atom stereocenters. The van der Waals surface area contributed by atoms with Gasteiger partial charge in [-0.25, -0.2) is 0 Å². The minimum absolute atomic E-state index is 0.0394. The molecule has 0 bridgehead atoms. The second-order valence-corrected chi connectivity index (χ2v) is 3.85. The van der Waals surface area contributed by atoms with Crippen molar-refractivity contribution in [3.8, 4) is 0 Å². The number of carbonyl (C=O) groups excluding carboxylic acids is 1. The fraction of sp³-hybridized carbons (Fsp3) is 0.889. The number of rotatable bonds is 2. The molecule has 1 aliphatic rings. The van der Waals surface area contributed by atoms with Gasteiger partial charge < -0.3 is 14.7 Å². The predicted molar refractivity (Wildman–Crippen MR) is 48.3 cm³/mol. The van der Waals surface area contributed by atoms with E-state index in [1.165, 1.54) is 7.11 Å². The quantitative estimate of drug-likeness (QED) is 0.662.